The predicted octanol–water partition coefficient (Wildman–Crippen LogP) is 2.18. The van der Waals surface area contributed by atoms with E-state index in [0.717, 1.165) is 22.6 Å². The van der Waals surface area contributed by atoms with E-state index in [1.807, 2.05) is 31.2 Å². The van der Waals surface area contributed by atoms with Gasteiger partial charge in [0.15, 0.2) is 11.5 Å². The molecule has 0 spiro atoms. The molecule has 1 atom stereocenters. The van der Waals surface area contributed by atoms with Crippen molar-refractivity contribution in [3.63, 3.8) is 0 Å². The van der Waals surface area contributed by atoms with Crippen LogP contribution in [0.5, 0.6) is 11.5 Å². The van der Waals surface area contributed by atoms with Crippen LogP contribution in [0.4, 0.5) is 5.82 Å². The van der Waals surface area contributed by atoms with Crippen molar-refractivity contribution < 1.29 is 14.0 Å². The van der Waals surface area contributed by atoms with E-state index < -0.39 is 0 Å². The summed E-state index contributed by atoms with van der Waals surface area (Å²) in [5.41, 5.74) is 1.23. The van der Waals surface area contributed by atoms with E-state index >= 15 is 0 Å². The van der Waals surface area contributed by atoms with Crippen LogP contribution in [0, 0.1) is 6.92 Å². The molecule has 4 rings (SSSR count). The molecule has 1 aliphatic rings. The largest absolute Gasteiger partial charge is 0.486 e. The highest BCUT2D eigenvalue weighted by Crippen LogP contribution is 2.31. The molecule has 1 aliphatic heterocycles. The maximum Gasteiger partial charge on any atom is 0.263 e. The summed E-state index contributed by atoms with van der Waals surface area (Å²) in [6.45, 7) is 2.91. The molecule has 0 fully saturated rings. The van der Waals surface area contributed by atoms with Crippen molar-refractivity contribution in [2.45, 2.75) is 13.0 Å². The molecular formula is C15H14N4O3. The third-order valence-electron chi connectivity index (χ3n) is 3.51. The molecule has 3 heterocycles. The molecule has 7 nitrogen and oxygen atoms in total. The highest BCUT2D eigenvalue weighted by atomic mass is 16.6. The zero-order valence-electron chi connectivity index (χ0n) is 11.9. The summed E-state index contributed by atoms with van der Waals surface area (Å²) in [6, 6.07) is 7.64. The molecule has 0 saturated carbocycles. The Hall–Kier alpha value is -2.83. The van der Waals surface area contributed by atoms with Crippen LogP contribution in [0.3, 0.4) is 0 Å². The Morgan fingerprint density at radius 1 is 1.23 bits per heavy atom. The fourth-order valence-electron chi connectivity index (χ4n) is 2.43. The number of rotatable bonds is 3. The average molecular weight is 298 g/mol. The number of aryl methyl sites for hydroxylation is 1. The minimum absolute atomic E-state index is 0.0971. The second-order valence-corrected chi connectivity index (χ2v) is 5.05. The van der Waals surface area contributed by atoms with Gasteiger partial charge in [-0.1, -0.05) is 17.3 Å². The van der Waals surface area contributed by atoms with E-state index in [1.165, 1.54) is 6.33 Å². The van der Waals surface area contributed by atoms with E-state index in [9.17, 15) is 0 Å². The first-order chi connectivity index (χ1) is 10.8. The number of hydrogen-bond donors (Lipinski definition) is 1. The lowest BCUT2D eigenvalue weighted by atomic mass is 10.2. The Labute approximate surface area is 126 Å². The maximum atomic E-state index is 5.91. The second kappa shape index (κ2) is 5.18. The van der Waals surface area contributed by atoms with Crippen LogP contribution in [0.15, 0.2) is 35.1 Å². The summed E-state index contributed by atoms with van der Waals surface area (Å²) in [6.07, 6.45) is 1.35. The van der Waals surface area contributed by atoms with E-state index in [0.29, 0.717) is 24.7 Å². The summed E-state index contributed by atoms with van der Waals surface area (Å²) < 4.78 is 16.7. The monoisotopic (exact) mass is 298 g/mol. The lowest BCUT2D eigenvalue weighted by molar-refractivity contribution is 0.0997. The second-order valence-electron chi connectivity index (χ2n) is 5.05. The van der Waals surface area contributed by atoms with Crippen molar-refractivity contribution in [1.29, 1.82) is 0 Å². The number of para-hydroxylation sites is 2. The number of anilines is 1. The van der Waals surface area contributed by atoms with Gasteiger partial charge in [0.25, 0.3) is 5.71 Å². The van der Waals surface area contributed by atoms with Crippen molar-refractivity contribution in [3.05, 3.63) is 36.3 Å². The molecule has 1 unspecified atom stereocenters. The first-order valence-electron chi connectivity index (χ1n) is 7.00. The molecule has 0 radical (unpaired) electrons. The van der Waals surface area contributed by atoms with Crippen LogP contribution >= 0.6 is 0 Å². The number of nitrogens with one attached hydrogen (secondary N) is 1. The van der Waals surface area contributed by atoms with Gasteiger partial charge in [0.1, 0.15) is 30.2 Å². The third-order valence-corrected chi connectivity index (χ3v) is 3.51. The molecule has 112 valence electrons. The summed E-state index contributed by atoms with van der Waals surface area (Å²) in [7, 11) is 0. The van der Waals surface area contributed by atoms with Crippen molar-refractivity contribution in [1.82, 2.24) is 15.1 Å². The molecule has 1 aromatic carbocycles. The first kappa shape index (κ1) is 12.9. The van der Waals surface area contributed by atoms with E-state index in [2.05, 4.69) is 20.4 Å². The normalized spacial score (nSPS) is 16.7. The molecule has 0 amide bonds. The number of hydrogen-bond acceptors (Lipinski definition) is 7. The Morgan fingerprint density at radius 2 is 2.09 bits per heavy atom. The molecule has 2 aromatic heterocycles. The smallest absolute Gasteiger partial charge is 0.263 e. The van der Waals surface area contributed by atoms with E-state index in [1.54, 1.807) is 0 Å². The van der Waals surface area contributed by atoms with Crippen LogP contribution in [0.25, 0.3) is 11.1 Å². The third kappa shape index (κ3) is 2.20. The number of benzene rings is 1. The SMILES string of the molecule is Cc1noc2ncnc(NCC3COc4ccccc4O3)c12. The highest BCUT2D eigenvalue weighted by molar-refractivity contribution is 5.87. The van der Waals surface area contributed by atoms with Gasteiger partial charge in [0.2, 0.25) is 0 Å². The van der Waals surface area contributed by atoms with Gasteiger partial charge < -0.3 is 19.3 Å². The van der Waals surface area contributed by atoms with Crippen molar-refractivity contribution in [2.75, 3.05) is 18.5 Å². The number of fused-ring (bicyclic) bond motifs is 2. The maximum absolute atomic E-state index is 5.91. The number of aromatic nitrogens is 3. The molecule has 3 aromatic rings. The van der Waals surface area contributed by atoms with Gasteiger partial charge in [-0.2, -0.15) is 4.98 Å². The average Bonchev–Trinajstić information content (AvgIpc) is 2.95. The van der Waals surface area contributed by atoms with Gasteiger partial charge >= 0.3 is 0 Å². The molecule has 1 N–H and O–H groups in total. The van der Waals surface area contributed by atoms with Crippen LogP contribution < -0.4 is 14.8 Å². The summed E-state index contributed by atoms with van der Waals surface area (Å²) in [5, 5.41) is 7.96. The summed E-state index contributed by atoms with van der Waals surface area (Å²) in [5.74, 6) is 2.22. The van der Waals surface area contributed by atoms with Crippen molar-refractivity contribution >= 4 is 16.9 Å². The first-order valence-corrected chi connectivity index (χ1v) is 7.00. The zero-order valence-corrected chi connectivity index (χ0v) is 11.9. The van der Waals surface area contributed by atoms with Gasteiger partial charge in [0, 0.05) is 0 Å². The number of nitrogens with zero attached hydrogens (tertiary/aromatic N) is 3. The van der Waals surface area contributed by atoms with Gasteiger partial charge in [-0.3, -0.25) is 0 Å². The standard InChI is InChI=1S/C15H14N4O3/c1-9-13-14(17-8-18-15(13)22-19-9)16-6-10-7-20-11-4-2-3-5-12(11)21-10/h2-5,8,10H,6-7H2,1H3,(H,16,17,18). The fraction of sp³-hybridized carbons (Fsp3) is 0.267. The Bertz CT molecular complexity index is 817. The van der Waals surface area contributed by atoms with E-state index in [4.69, 9.17) is 14.0 Å². The zero-order chi connectivity index (χ0) is 14.9. The topological polar surface area (TPSA) is 82.3 Å². The lowest BCUT2D eigenvalue weighted by Crippen LogP contribution is -2.35. The molecule has 0 aliphatic carbocycles. The molecule has 0 bridgehead atoms. The molecular weight excluding hydrogens is 284 g/mol. The highest BCUT2D eigenvalue weighted by Gasteiger charge is 2.21. The predicted molar refractivity (Wildman–Crippen MR) is 79.2 cm³/mol. The van der Waals surface area contributed by atoms with Crippen LogP contribution in [0.1, 0.15) is 5.69 Å². The molecule has 22 heavy (non-hydrogen) atoms. The Morgan fingerprint density at radius 3 is 3.00 bits per heavy atom. The summed E-state index contributed by atoms with van der Waals surface area (Å²) >= 11 is 0. The molecule has 0 saturated heterocycles. The quantitative estimate of drug-likeness (QED) is 0.793. The Kier molecular flexibility index (Phi) is 3.03. The lowest BCUT2D eigenvalue weighted by Gasteiger charge is -2.26. The van der Waals surface area contributed by atoms with Crippen LogP contribution in [-0.4, -0.2) is 34.4 Å². The fourth-order valence-corrected chi connectivity index (χ4v) is 2.43. The van der Waals surface area contributed by atoms with Gasteiger partial charge in [0.05, 0.1) is 12.2 Å². The van der Waals surface area contributed by atoms with Crippen LogP contribution in [0.2, 0.25) is 0 Å². The number of ether oxygens (including phenoxy) is 2. The minimum Gasteiger partial charge on any atom is -0.486 e. The van der Waals surface area contributed by atoms with Crippen molar-refractivity contribution in [2.24, 2.45) is 0 Å². The van der Waals surface area contributed by atoms with Crippen molar-refractivity contribution in [3.8, 4) is 11.5 Å². The van der Waals surface area contributed by atoms with Gasteiger partial charge in [-0.05, 0) is 19.1 Å². The van der Waals surface area contributed by atoms with Gasteiger partial charge in [-0.15, -0.1) is 0 Å². The summed E-state index contributed by atoms with van der Waals surface area (Å²) in [4.78, 5) is 8.30. The Balaban J connectivity index is 1.50. The van der Waals surface area contributed by atoms with E-state index in [-0.39, 0.29) is 6.10 Å². The van der Waals surface area contributed by atoms with Crippen LogP contribution in [-0.2, 0) is 0 Å². The molecule has 7 heteroatoms. The van der Waals surface area contributed by atoms with Gasteiger partial charge in [-0.25, -0.2) is 4.98 Å². The minimum atomic E-state index is -0.0971.